The Labute approximate surface area is 210 Å². The van der Waals surface area contributed by atoms with Crippen LogP contribution in [-0.4, -0.2) is 63.1 Å². The predicted molar refractivity (Wildman–Crippen MR) is 137 cm³/mol. The number of hydrogen-bond acceptors (Lipinski definition) is 7. The minimum atomic E-state index is -0.707. The zero-order chi connectivity index (χ0) is 26.4. The van der Waals surface area contributed by atoms with Crippen LogP contribution in [0.5, 0.6) is 11.5 Å². The number of amides is 1. The Bertz CT molecular complexity index is 1370. The molecule has 0 bridgehead atoms. The predicted octanol–water partition coefficient (Wildman–Crippen LogP) is 5.71. The first-order valence-electron chi connectivity index (χ1n) is 11.9. The minimum absolute atomic E-state index is 0.0861. The maximum Gasteiger partial charge on any atom is 0.419 e. The summed E-state index contributed by atoms with van der Waals surface area (Å²) in [6, 6.07) is 4.96. The number of hydrogen-bond donors (Lipinski definition) is 1. The van der Waals surface area contributed by atoms with Gasteiger partial charge in [0.15, 0.2) is 11.5 Å². The van der Waals surface area contributed by atoms with E-state index in [-0.39, 0.29) is 17.6 Å². The summed E-state index contributed by atoms with van der Waals surface area (Å²) < 4.78 is 18.0. The second-order valence-corrected chi connectivity index (χ2v) is 10.8. The SMILES string of the molecule is COc1cc2c3c(C4=CCN(C(=O)OC(C)(C)C)CC4)nccc3n(C(=O)OC(C)(C)C)c2cc1O. The van der Waals surface area contributed by atoms with Crippen LogP contribution >= 0.6 is 0 Å². The number of carbonyl (C=O) groups excluding carboxylic acids is 2. The van der Waals surface area contributed by atoms with Crippen LogP contribution in [0, 0.1) is 0 Å². The van der Waals surface area contributed by atoms with Crippen molar-refractivity contribution in [3.8, 4) is 11.5 Å². The van der Waals surface area contributed by atoms with Gasteiger partial charge in [0.05, 0.1) is 23.8 Å². The average molecular weight is 496 g/mol. The van der Waals surface area contributed by atoms with Gasteiger partial charge >= 0.3 is 12.2 Å². The summed E-state index contributed by atoms with van der Waals surface area (Å²) in [6.45, 7) is 11.8. The van der Waals surface area contributed by atoms with Gasteiger partial charge in [-0.05, 0) is 65.7 Å². The van der Waals surface area contributed by atoms with E-state index in [1.54, 1.807) is 44.0 Å². The second kappa shape index (κ2) is 9.04. The molecule has 0 radical (unpaired) electrons. The van der Waals surface area contributed by atoms with E-state index in [1.165, 1.54) is 17.7 Å². The van der Waals surface area contributed by atoms with Gasteiger partial charge in [-0.1, -0.05) is 6.08 Å². The number of aromatic hydroxyl groups is 1. The molecule has 1 amide bonds. The molecule has 3 aromatic rings. The molecule has 36 heavy (non-hydrogen) atoms. The van der Waals surface area contributed by atoms with E-state index in [0.29, 0.717) is 41.6 Å². The molecule has 9 heteroatoms. The topological polar surface area (TPSA) is 103 Å². The number of ether oxygens (including phenoxy) is 3. The number of carbonyl (C=O) groups is 2. The van der Waals surface area contributed by atoms with E-state index in [1.807, 2.05) is 26.8 Å². The molecule has 4 rings (SSSR count). The summed E-state index contributed by atoms with van der Waals surface area (Å²) in [5.41, 5.74) is 1.47. The van der Waals surface area contributed by atoms with Crippen LogP contribution in [0.4, 0.5) is 9.59 Å². The third kappa shape index (κ3) is 4.96. The fourth-order valence-corrected chi connectivity index (χ4v) is 4.26. The summed E-state index contributed by atoms with van der Waals surface area (Å²) in [4.78, 5) is 32.1. The number of rotatable bonds is 2. The van der Waals surface area contributed by atoms with Gasteiger partial charge < -0.3 is 24.2 Å². The molecule has 1 aromatic carbocycles. The lowest BCUT2D eigenvalue weighted by Gasteiger charge is -2.29. The number of benzene rings is 1. The molecular weight excluding hydrogens is 462 g/mol. The molecule has 0 atom stereocenters. The number of phenols is 1. The van der Waals surface area contributed by atoms with Crippen LogP contribution in [0.25, 0.3) is 27.4 Å². The zero-order valence-electron chi connectivity index (χ0n) is 21.8. The number of fused-ring (bicyclic) bond motifs is 3. The molecule has 1 aliphatic rings. The molecule has 192 valence electrons. The number of aromatic nitrogens is 2. The van der Waals surface area contributed by atoms with Crippen molar-refractivity contribution in [3.63, 3.8) is 0 Å². The van der Waals surface area contributed by atoms with Crippen LogP contribution in [0.1, 0.15) is 53.7 Å². The number of pyridine rings is 1. The van der Waals surface area contributed by atoms with E-state index in [0.717, 1.165) is 11.0 Å². The van der Waals surface area contributed by atoms with Gasteiger partial charge in [-0.15, -0.1) is 0 Å². The lowest BCUT2D eigenvalue weighted by atomic mass is 10.00. The fourth-order valence-electron chi connectivity index (χ4n) is 4.26. The molecule has 3 heterocycles. The minimum Gasteiger partial charge on any atom is -0.504 e. The van der Waals surface area contributed by atoms with Gasteiger partial charge in [0.25, 0.3) is 0 Å². The quantitative estimate of drug-likeness (QED) is 0.486. The van der Waals surface area contributed by atoms with Gasteiger partial charge in [-0.3, -0.25) is 4.98 Å². The van der Waals surface area contributed by atoms with Crippen LogP contribution in [0.2, 0.25) is 0 Å². The Balaban J connectivity index is 1.85. The smallest absolute Gasteiger partial charge is 0.419 e. The first-order valence-corrected chi connectivity index (χ1v) is 11.9. The summed E-state index contributed by atoms with van der Waals surface area (Å²) in [6.07, 6.45) is 3.27. The third-order valence-corrected chi connectivity index (χ3v) is 5.72. The highest BCUT2D eigenvalue weighted by atomic mass is 16.6. The molecule has 0 saturated carbocycles. The summed E-state index contributed by atoms with van der Waals surface area (Å²) in [7, 11) is 1.47. The van der Waals surface area contributed by atoms with E-state index in [4.69, 9.17) is 14.2 Å². The number of nitrogens with zero attached hydrogens (tertiary/aromatic N) is 3. The van der Waals surface area contributed by atoms with Gasteiger partial charge in [-0.2, -0.15) is 0 Å². The number of phenolic OH excluding ortho intramolecular Hbond substituents is 1. The van der Waals surface area contributed by atoms with Crippen LogP contribution < -0.4 is 4.74 Å². The van der Waals surface area contributed by atoms with E-state index >= 15 is 0 Å². The van der Waals surface area contributed by atoms with Crippen molar-refractivity contribution < 1.29 is 28.9 Å². The van der Waals surface area contributed by atoms with Gasteiger partial charge in [0, 0.05) is 36.1 Å². The normalized spacial score (nSPS) is 14.6. The number of methoxy groups -OCH3 is 1. The molecule has 9 nitrogen and oxygen atoms in total. The standard InChI is InChI=1S/C27H33N3O6/c1-26(2,3)35-24(32)29-12-9-16(10-13-29)23-22-17-14-21(34-7)20(31)15-19(17)30(18(22)8-11-28-23)25(33)36-27(4,5)6/h8-9,11,14-15,31H,10,12-13H2,1-7H3. The van der Waals surface area contributed by atoms with Crippen LogP contribution in [-0.2, 0) is 9.47 Å². The molecule has 1 aliphatic heterocycles. The van der Waals surface area contributed by atoms with Crippen molar-refractivity contribution in [1.82, 2.24) is 14.5 Å². The monoisotopic (exact) mass is 495 g/mol. The molecule has 0 spiro atoms. The first kappa shape index (κ1) is 25.3. The summed E-state index contributed by atoms with van der Waals surface area (Å²) in [5, 5.41) is 11.9. The molecule has 0 unspecified atom stereocenters. The Morgan fingerprint density at radius 2 is 1.67 bits per heavy atom. The van der Waals surface area contributed by atoms with Crippen molar-refractivity contribution in [2.45, 2.75) is 59.2 Å². The Kier molecular flexibility index (Phi) is 6.36. The Morgan fingerprint density at radius 3 is 2.25 bits per heavy atom. The van der Waals surface area contributed by atoms with Crippen molar-refractivity contribution in [2.75, 3.05) is 20.2 Å². The molecule has 0 aliphatic carbocycles. The maximum absolute atomic E-state index is 13.3. The van der Waals surface area contributed by atoms with Gasteiger partial charge in [0.1, 0.15) is 11.2 Å². The average Bonchev–Trinajstić information content (AvgIpc) is 3.09. The largest absolute Gasteiger partial charge is 0.504 e. The summed E-state index contributed by atoms with van der Waals surface area (Å²) in [5.74, 6) is 0.200. The van der Waals surface area contributed by atoms with Crippen LogP contribution in [0.15, 0.2) is 30.5 Å². The fraction of sp³-hybridized carbons (Fsp3) is 0.444. The highest BCUT2D eigenvalue weighted by molar-refractivity contribution is 6.16. The van der Waals surface area contributed by atoms with Crippen molar-refractivity contribution in [2.24, 2.45) is 0 Å². The first-order chi connectivity index (χ1) is 16.8. The maximum atomic E-state index is 13.3. The van der Waals surface area contributed by atoms with Crippen LogP contribution in [0.3, 0.4) is 0 Å². The molecular formula is C27H33N3O6. The van der Waals surface area contributed by atoms with E-state index in [2.05, 4.69) is 4.98 Å². The van der Waals surface area contributed by atoms with E-state index < -0.39 is 17.3 Å². The second-order valence-electron chi connectivity index (χ2n) is 10.8. The highest BCUT2D eigenvalue weighted by Crippen LogP contribution is 2.40. The van der Waals surface area contributed by atoms with Gasteiger partial charge in [-0.25, -0.2) is 14.2 Å². The molecule has 0 saturated heterocycles. The van der Waals surface area contributed by atoms with Crippen molar-refractivity contribution >= 4 is 39.6 Å². The summed E-state index contributed by atoms with van der Waals surface area (Å²) >= 11 is 0. The lowest BCUT2D eigenvalue weighted by Crippen LogP contribution is -2.39. The third-order valence-electron chi connectivity index (χ3n) is 5.72. The Hall–Kier alpha value is -3.75. The zero-order valence-corrected chi connectivity index (χ0v) is 21.8. The highest BCUT2D eigenvalue weighted by Gasteiger charge is 2.28. The Morgan fingerprint density at radius 1 is 1.00 bits per heavy atom. The van der Waals surface area contributed by atoms with E-state index in [9.17, 15) is 14.7 Å². The lowest BCUT2D eigenvalue weighted by molar-refractivity contribution is 0.0270. The van der Waals surface area contributed by atoms with Crippen molar-refractivity contribution in [3.05, 3.63) is 36.2 Å². The van der Waals surface area contributed by atoms with Gasteiger partial charge in [0.2, 0.25) is 0 Å². The van der Waals surface area contributed by atoms with Crippen molar-refractivity contribution in [1.29, 1.82) is 0 Å². The molecule has 2 aromatic heterocycles. The molecule has 0 fully saturated rings. The molecule has 1 N–H and O–H groups in total.